The van der Waals surface area contributed by atoms with E-state index in [-0.39, 0.29) is 11.4 Å². The van der Waals surface area contributed by atoms with Crippen molar-refractivity contribution in [3.63, 3.8) is 0 Å². The number of hydrogen-bond donors (Lipinski definition) is 0. The van der Waals surface area contributed by atoms with Gasteiger partial charge in [0.15, 0.2) is 6.26 Å². The Morgan fingerprint density at radius 2 is 2.15 bits per heavy atom. The molecule has 0 unspecified atom stereocenters. The summed E-state index contributed by atoms with van der Waals surface area (Å²) in [5, 5.41) is 0. The van der Waals surface area contributed by atoms with Gasteiger partial charge in [-0.25, -0.2) is 4.79 Å². The first kappa shape index (κ1) is 9.84. The van der Waals surface area contributed by atoms with Crippen LogP contribution in [0.3, 0.4) is 0 Å². The van der Waals surface area contributed by atoms with E-state index in [1.807, 2.05) is 20.8 Å². The lowest BCUT2D eigenvalue weighted by atomic mass is 9.88. The summed E-state index contributed by atoms with van der Waals surface area (Å²) in [4.78, 5) is 11.2. The zero-order valence-electron chi connectivity index (χ0n) is 8.22. The van der Waals surface area contributed by atoms with E-state index in [0.717, 1.165) is 0 Å². The van der Waals surface area contributed by atoms with Crippen LogP contribution in [-0.2, 0) is 14.3 Å². The van der Waals surface area contributed by atoms with E-state index in [0.29, 0.717) is 12.0 Å². The number of rotatable bonds is 3. The fourth-order valence-electron chi connectivity index (χ4n) is 0.948. The van der Waals surface area contributed by atoms with E-state index < -0.39 is 5.97 Å². The first-order valence-corrected chi connectivity index (χ1v) is 4.15. The summed E-state index contributed by atoms with van der Waals surface area (Å²) in [6.45, 7) is 9.78. The molecule has 0 fully saturated rings. The van der Waals surface area contributed by atoms with Gasteiger partial charge < -0.3 is 9.47 Å². The Bertz CT molecular complexity index is 268. The van der Waals surface area contributed by atoms with E-state index in [2.05, 4.69) is 11.3 Å². The number of esters is 1. The van der Waals surface area contributed by atoms with Crippen molar-refractivity contribution in [3.05, 3.63) is 24.4 Å². The minimum Gasteiger partial charge on any atom is -0.424 e. The van der Waals surface area contributed by atoms with Crippen LogP contribution in [0.2, 0.25) is 0 Å². The lowest BCUT2D eigenvalue weighted by molar-refractivity contribution is -0.136. The predicted molar refractivity (Wildman–Crippen MR) is 48.5 cm³/mol. The van der Waals surface area contributed by atoms with Gasteiger partial charge in [0, 0.05) is 5.57 Å². The molecule has 0 radical (unpaired) electrons. The third kappa shape index (κ3) is 3.78. The molecule has 0 saturated carbocycles. The quantitative estimate of drug-likeness (QED) is 0.496. The Kier molecular flexibility index (Phi) is 2.45. The number of carbonyl (C=O) groups excluding carboxylic acids is 1. The van der Waals surface area contributed by atoms with E-state index in [9.17, 15) is 4.79 Å². The van der Waals surface area contributed by atoms with Crippen molar-refractivity contribution in [1.82, 2.24) is 0 Å². The molecule has 3 nitrogen and oxygen atoms in total. The van der Waals surface area contributed by atoms with Crippen LogP contribution in [0.25, 0.3) is 0 Å². The highest BCUT2D eigenvalue weighted by Crippen LogP contribution is 2.25. The van der Waals surface area contributed by atoms with Crippen molar-refractivity contribution in [2.75, 3.05) is 0 Å². The zero-order chi connectivity index (χ0) is 10.1. The van der Waals surface area contributed by atoms with Gasteiger partial charge in [0.1, 0.15) is 0 Å². The first-order valence-electron chi connectivity index (χ1n) is 4.15. The highest BCUT2D eigenvalue weighted by molar-refractivity contribution is 5.88. The number of carbonyl (C=O) groups is 1. The van der Waals surface area contributed by atoms with Crippen molar-refractivity contribution in [3.8, 4) is 0 Å². The maximum Gasteiger partial charge on any atom is 0.341 e. The van der Waals surface area contributed by atoms with Crippen LogP contribution in [0, 0.1) is 5.41 Å². The van der Waals surface area contributed by atoms with Crippen LogP contribution >= 0.6 is 0 Å². The van der Waals surface area contributed by atoms with Gasteiger partial charge in [-0.15, -0.1) is 0 Å². The number of hydrogen-bond acceptors (Lipinski definition) is 3. The van der Waals surface area contributed by atoms with E-state index >= 15 is 0 Å². The molecule has 0 N–H and O–H groups in total. The predicted octanol–water partition coefficient (Wildman–Crippen LogP) is 2.35. The highest BCUT2D eigenvalue weighted by atomic mass is 16.7. The molecule has 13 heavy (non-hydrogen) atoms. The van der Waals surface area contributed by atoms with Gasteiger partial charge in [-0.1, -0.05) is 27.4 Å². The number of ether oxygens (including phenoxy) is 2. The second kappa shape index (κ2) is 3.24. The van der Waals surface area contributed by atoms with Crippen LogP contribution < -0.4 is 0 Å². The summed E-state index contributed by atoms with van der Waals surface area (Å²) in [6, 6.07) is 0. The van der Waals surface area contributed by atoms with Gasteiger partial charge in [-0.05, 0) is 11.8 Å². The molecule has 1 heterocycles. The third-order valence-corrected chi connectivity index (χ3v) is 1.44. The molecule has 0 aromatic heterocycles. The Morgan fingerprint density at radius 1 is 1.62 bits per heavy atom. The Morgan fingerprint density at radius 3 is 2.54 bits per heavy atom. The van der Waals surface area contributed by atoms with Crippen LogP contribution in [0.5, 0.6) is 0 Å². The van der Waals surface area contributed by atoms with Gasteiger partial charge in [-0.3, -0.25) is 0 Å². The minimum atomic E-state index is -0.404. The molecule has 0 saturated heterocycles. The van der Waals surface area contributed by atoms with Crippen LogP contribution in [0.15, 0.2) is 24.4 Å². The topological polar surface area (TPSA) is 38.8 Å². The highest BCUT2D eigenvalue weighted by Gasteiger charge is 2.22. The first-order chi connectivity index (χ1) is 5.88. The average Bonchev–Trinajstić information content (AvgIpc) is 2.67. The monoisotopic (exact) mass is 182 g/mol. The average molecular weight is 182 g/mol. The summed E-state index contributed by atoms with van der Waals surface area (Å²) in [7, 11) is 0. The summed E-state index contributed by atoms with van der Waals surface area (Å²) in [5.41, 5.74) is 0.526. The molecule has 1 rings (SSSR count). The molecule has 72 valence electrons. The molecular weight excluding hydrogens is 168 g/mol. The third-order valence-electron chi connectivity index (χ3n) is 1.44. The molecule has 0 atom stereocenters. The van der Waals surface area contributed by atoms with Crippen molar-refractivity contribution in [2.45, 2.75) is 27.2 Å². The van der Waals surface area contributed by atoms with Crippen LogP contribution in [0.4, 0.5) is 0 Å². The molecule has 1 aliphatic rings. The second-order valence-corrected chi connectivity index (χ2v) is 4.29. The van der Waals surface area contributed by atoms with Gasteiger partial charge in [0.25, 0.3) is 0 Å². The molecule has 0 aromatic carbocycles. The van der Waals surface area contributed by atoms with Crippen molar-refractivity contribution >= 4 is 5.97 Å². The Hall–Kier alpha value is -1.25. The lowest BCUT2D eigenvalue weighted by Crippen LogP contribution is -2.12. The Balaban J connectivity index is 2.37. The normalized spacial score (nSPS) is 14.2. The van der Waals surface area contributed by atoms with Gasteiger partial charge >= 0.3 is 11.9 Å². The van der Waals surface area contributed by atoms with Gasteiger partial charge in [0.05, 0.1) is 0 Å². The van der Waals surface area contributed by atoms with Crippen LogP contribution in [-0.4, -0.2) is 5.97 Å². The molecule has 1 aliphatic heterocycles. The lowest BCUT2D eigenvalue weighted by Gasteiger charge is -2.17. The van der Waals surface area contributed by atoms with Crippen molar-refractivity contribution in [2.24, 2.45) is 5.41 Å². The largest absolute Gasteiger partial charge is 0.424 e. The molecule has 0 aromatic rings. The van der Waals surface area contributed by atoms with E-state index in [4.69, 9.17) is 4.74 Å². The van der Waals surface area contributed by atoms with Crippen molar-refractivity contribution < 1.29 is 14.3 Å². The van der Waals surface area contributed by atoms with Crippen molar-refractivity contribution in [1.29, 1.82) is 0 Å². The standard InChI is InChI=1S/C10H14O3/c1-7(5-10(2,3)4)9(11)13-8-6-12-8/h6H,1,5H2,2-4H3. The van der Waals surface area contributed by atoms with Gasteiger partial charge in [0.2, 0.25) is 0 Å². The second-order valence-electron chi connectivity index (χ2n) is 4.29. The zero-order valence-corrected chi connectivity index (χ0v) is 8.22. The SMILES string of the molecule is C=C(CC(C)(C)C)C(=O)OC1=CO1. The van der Waals surface area contributed by atoms with Gasteiger partial charge in [-0.2, -0.15) is 0 Å². The molecule has 0 aliphatic carbocycles. The van der Waals surface area contributed by atoms with Crippen LogP contribution in [0.1, 0.15) is 27.2 Å². The van der Waals surface area contributed by atoms with E-state index in [1.165, 1.54) is 6.26 Å². The molecule has 0 spiro atoms. The van der Waals surface area contributed by atoms with E-state index in [1.54, 1.807) is 0 Å². The molecule has 3 heteroatoms. The molecule has 0 bridgehead atoms. The summed E-state index contributed by atoms with van der Waals surface area (Å²) in [5.74, 6) is -0.126. The Labute approximate surface area is 78.0 Å². The molecular formula is C10H14O3. The summed E-state index contributed by atoms with van der Waals surface area (Å²) in [6.07, 6.45) is 2.00. The molecule has 0 amide bonds. The minimum absolute atomic E-state index is 0.0505. The summed E-state index contributed by atoms with van der Waals surface area (Å²) < 4.78 is 9.34. The fourth-order valence-corrected chi connectivity index (χ4v) is 0.948. The smallest absolute Gasteiger partial charge is 0.341 e. The fraction of sp³-hybridized carbons (Fsp3) is 0.500. The maximum absolute atomic E-state index is 11.2. The maximum atomic E-state index is 11.2. The summed E-state index contributed by atoms with van der Waals surface area (Å²) >= 11 is 0.